The highest BCUT2D eigenvalue weighted by Crippen LogP contribution is 2.25. The summed E-state index contributed by atoms with van der Waals surface area (Å²) >= 11 is 0. The van der Waals surface area contributed by atoms with Gasteiger partial charge in [-0.2, -0.15) is 0 Å². The summed E-state index contributed by atoms with van der Waals surface area (Å²) in [5.41, 5.74) is 2.15. The van der Waals surface area contributed by atoms with E-state index in [0.29, 0.717) is 19.5 Å². The predicted octanol–water partition coefficient (Wildman–Crippen LogP) is 3.09. The van der Waals surface area contributed by atoms with Crippen molar-refractivity contribution in [3.8, 4) is 5.75 Å². The Labute approximate surface area is 185 Å². The fourth-order valence-corrected chi connectivity index (χ4v) is 3.97. The number of nitrogens with zero attached hydrogens (tertiary/aromatic N) is 1. The third-order valence-corrected chi connectivity index (χ3v) is 5.71. The molecule has 1 atom stereocenters. The molecule has 1 heterocycles. The highest BCUT2D eigenvalue weighted by molar-refractivity contribution is 5.80. The molecular formula is C25H33N3O3. The maximum absolute atomic E-state index is 12.4. The van der Waals surface area contributed by atoms with E-state index >= 15 is 0 Å². The fraction of sp³-hybridized carbons (Fsp3) is 0.440. The Kier molecular flexibility index (Phi) is 8.91. The number of carbonyl (C=O) groups excluding carboxylic acids is 2. The molecule has 2 aromatic rings. The van der Waals surface area contributed by atoms with E-state index in [0.717, 1.165) is 24.4 Å². The second-order valence-corrected chi connectivity index (χ2v) is 7.95. The average Bonchev–Trinajstić information content (AvgIpc) is 2.81. The Balaban J connectivity index is 1.47. The van der Waals surface area contributed by atoms with Crippen LogP contribution in [0.4, 0.5) is 0 Å². The van der Waals surface area contributed by atoms with Crippen molar-refractivity contribution in [1.82, 2.24) is 15.5 Å². The Bertz CT molecular complexity index is 818. The molecular weight excluding hydrogens is 390 g/mol. The van der Waals surface area contributed by atoms with E-state index in [-0.39, 0.29) is 24.3 Å². The van der Waals surface area contributed by atoms with Gasteiger partial charge < -0.3 is 15.4 Å². The van der Waals surface area contributed by atoms with E-state index in [1.165, 1.54) is 24.8 Å². The second-order valence-electron chi connectivity index (χ2n) is 7.95. The van der Waals surface area contributed by atoms with Crippen molar-refractivity contribution in [2.45, 2.75) is 38.1 Å². The summed E-state index contributed by atoms with van der Waals surface area (Å²) in [7, 11) is 1.66. The number of carbonyl (C=O) groups is 2. The smallest absolute Gasteiger partial charge is 0.224 e. The van der Waals surface area contributed by atoms with Crippen molar-refractivity contribution < 1.29 is 14.3 Å². The molecule has 0 aromatic heterocycles. The van der Waals surface area contributed by atoms with Crippen molar-refractivity contribution in [2.75, 3.05) is 33.3 Å². The van der Waals surface area contributed by atoms with E-state index in [1.54, 1.807) is 7.11 Å². The Hall–Kier alpha value is -2.86. The van der Waals surface area contributed by atoms with Gasteiger partial charge in [0.1, 0.15) is 5.75 Å². The summed E-state index contributed by atoms with van der Waals surface area (Å²) in [6.07, 6.45) is 4.25. The molecule has 0 aliphatic carbocycles. The van der Waals surface area contributed by atoms with Crippen LogP contribution in [0.2, 0.25) is 0 Å². The van der Waals surface area contributed by atoms with Crippen LogP contribution in [0.1, 0.15) is 42.9 Å². The summed E-state index contributed by atoms with van der Waals surface area (Å²) in [5.74, 6) is 0.718. The van der Waals surface area contributed by atoms with Gasteiger partial charge in [0.05, 0.1) is 19.6 Å². The van der Waals surface area contributed by atoms with Crippen LogP contribution in [-0.4, -0.2) is 50.0 Å². The van der Waals surface area contributed by atoms with Crippen molar-refractivity contribution >= 4 is 11.8 Å². The van der Waals surface area contributed by atoms with Crippen LogP contribution in [0.15, 0.2) is 54.6 Å². The normalized spacial score (nSPS) is 15.1. The van der Waals surface area contributed by atoms with Crippen molar-refractivity contribution in [3.05, 3.63) is 65.7 Å². The number of rotatable bonds is 10. The molecule has 0 saturated carbocycles. The molecule has 1 aliphatic heterocycles. The molecule has 0 spiro atoms. The molecule has 1 aliphatic rings. The summed E-state index contributed by atoms with van der Waals surface area (Å²) in [4.78, 5) is 26.9. The molecule has 2 N–H and O–H groups in total. The quantitative estimate of drug-likeness (QED) is 0.616. The van der Waals surface area contributed by atoms with Gasteiger partial charge in [-0.15, -0.1) is 0 Å². The van der Waals surface area contributed by atoms with Crippen LogP contribution < -0.4 is 15.4 Å². The first kappa shape index (κ1) is 22.8. The predicted molar refractivity (Wildman–Crippen MR) is 122 cm³/mol. The maximum Gasteiger partial charge on any atom is 0.224 e. The lowest BCUT2D eigenvalue weighted by Crippen LogP contribution is -2.41. The number of methoxy groups -OCH3 is 1. The minimum absolute atomic E-state index is 0.0458. The van der Waals surface area contributed by atoms with Gasteiger partial charge in [-0.3, -0.25) is 14.5 Å². The van der Waals surface area contributed by atoms with Crippen molar-refractivity contribution in [1.29, 1.82) is 0 Å². The average molecular weight is 424 g/mol. The summed E-state index contributed by atoms with van der Waals surface area (Å²) in [5, 5.41) is 5.90. The molecule has 0 radical (unpaired) electrons. The minimum Gasteiger partial charge on any atom is -0.497 e. The number of benzene rings is 2. The van der Waals surface area contributed by atoms with Gasteiger partial charge in [0.25, 0.3) is 0 Å². The first-order valence-electron chi connectivity index (χ1n) is 11.1. The Morgan fingerprint density at radius 2 is 1.65 bits per heavy atom. The first-order valence-corrected chi connectivity index (χ1v) is 11.1. The van der Waals surface area contributed by atoms with Crippen LogP contribution in [0.5, 0.6) is 5.75 Å². The molecule has 1 unspecified atom stereocenters. The minimum atomic E-state index is -0.0663. The lowest BCUT2D eigenvalue weighted by Gasteiger charge is -2.35. The highest BCUT2D eigenvalue weighted by atomic mass is 16.5. The summed E-state index contributed by atoms with van der Waals surface area (Å²) in [6.45, 7) is 2.99. The fourth-order valence-electron chi connectivity index (χ4n) is 3.97. The number of amides is 2. The molecule has 31 heavy (non-hydrogen) atoms. The number of hydrogen-bond donors (Lipinski definition) is 2. The summed E-state index contributed by atoms with van der Waals surface area (Å²) in [6, 6.07) is 17.8. The molecule has 2 aromatic carbocycles. The van der Waals surface area contributed by atoms with E-state index in [2.05, 4.69) is 27.7 Å². The van der Waals surface area contributed by atoms with Gasteiger partial charge in [-0.05, 0) is 49.2 Å². The SMILES string of the molecule is COc1ccc(C(CNC(=O)CCNC(=O)Cc2ccccc2)N2CCCCC2)cc1. The van der Waals surface area contributed by atoms with E-state index in [9.17, 15) is 9.59 Å². The third kappa shape index (κ3) is 7.40. The van der Waals surface area contributed by atoms with Gasteiger partial charge in [0.2, 0.25) is 11.8 Å². The third-order valence-electron chi connectivity index (χ3n) is 5.71. The van der Waals surface area contributed by atoms with Crippen molar-refractivity contribution in [3.63, 3.8) is 0 Å². The lowest BCUT2D eigenvalue weighted by molar-refractivity contribution is -0.122. The molecule has 2 amide bonds. The number of ether oxygens (including phenoxy) is 1. The summed E-state index contributed by atoms with van der Waals surface area (Å²) < 4.78 is 5.28. The largest absolute Gasteiger partial charge is 0.497 e. The standard InChI is InChI=1S/C25H33N3O3/c1-31-22-12-10-21(11-13-22)23(28-16-6-3-7-17-28)19-27-24(29)14-15-26-25(30)18-20-8-4-2-5-9-20/h2,4-5,8-13,23H,3,6-7,14-19H2,1H3,(H,26,30)(H,27,29). The number of nitrogens with one attached hydrogen (secondary N) is 2. The number of piperidine rings is 1. The molecule has 1 fully saturated rings. The van der Waals surface area contributed by atoms with E-state index in [4.69, 9.17) is 4.74 Å². The molecule has 0 bridgehead atoms. The zero-order chi connectivity index (χ0) is 21.9. The van der Waals surface area contributed by atoms with Gasteiger partial charge in [0, 0.05) is 19.5 Å². The molecule has 166 valence electrons. The Morgan fingerprint density at radius 1 is 0.935 bits per heavy atom. The van der Waals surface area contributed by atoms with E-state index in [1.807, 2.05) is 42.5 Å². The van der Waals surface area contributed by atoms with Gasteiger partial charge in [-0.25, -0.2) is 0 Å². The van der Waals surface area contributed by atoms with Crippen LogP contribution in [-0.2, 0) is 16.0 Å². The zero-order valence-corrected chi connectivity index (χ0v) is 18.3. The molecule has 6 nitrogen and oxygen atoms in total. The number of likely N-dealkylation sites (tertiary alicyclic amines) is 1. The van der Waals surface area contributed by atoms with Crippen LogP contribution in [0.3, 0.4) is 0 Å². The van der Waals surface area contributed by atoms with Crippen LogP contribution >= 0.6 is 0 Å². The van der Waals surface area contributed by atoms with Gasteiger partial charge in [0.15, 0.2) is 0 Å². The highest BCUT2D eigenvalue weighted by Gasteiger charge is 2.23. The van der Waals surface area contributed by atoms with Crippen molar-refractivity contribution in [2.24, 2.45) is 0 Å². The maximum atomic E-state index is 12.4. The van der Waals surface area contributed by atoms with Gasteiger partial charge in [-0.1, -0.05) is 48.9 Å². The lowest BCUT2D eigenvalue weighted by atomic mass is 10.0. The topological polar surface area (TPSA) is 70.7 Å². The van der Waals surface area contributed by atoms with Crippen LogP contribution in [0, 0.1) is 0 Å². The zero-order valence-electron chi connectivity index (χ0n) is 18.3. The molecule has 6 heteroatoms. The molecule has 1 saturated heterocycles. The van der Waals surface area contributed by atoms with Crippen LogP contribution in [0.25, 0.3) is 0 Å². The number of hydrogen-bond acceptors (Lipinski definition) is 4. The first-order chi connectivity index (χ1) is 15.2. The monoisotopic (exact) mass is 423 g/mol. The van der Waals surface area contributed by atoms with E-state index < -0.39 is 0 Å². The second kappa shape index (κ2) is 12.1. The van der Waals surface area contributed by atoms with Gasteiger partial charge >= 0.3 is 0 Å². The Morgan fingerprint density at radius 3 is 2.32 bits per heavy atom. The molecule has 3 rings (SSSR count).